The molecule has 3 aliphatic rings. The predicted molar refractivity (Wildman–Crippen MR) is 165 cm³/mol. The number of nitriles is 1. The molecule has 6 rings (SSSR count). The molecule has 2 N–H and O–H groups in total. The number of aliphatic hydroxyl groups is 1. The number of aromatic nitrogens is 3. The van der Waals surface area contributed by atoms with E-state index in [4.69, 9.17) is 9.47 Å². The molecule has 236 valence electrons. The van der Waals surface area contributed by atoms with Crippen molar-refractivity contribution in [3.05, 3.63) is 54.4 Å². The lowest BCUT2D eigenvalue weighted by Crippen LogP contribution is -2.60. The van der Waals surface area contributed by atoms with E-state index in [0.717, 1.165) is 44.2 Å². The largest absolute Gasteiger partial charge is 0.486 e. The average Bonchev–Trinajstić information content (AvgIpc) is 3.02. The standard InChI is InChI=1S/C32H37FN8O4/c1-20-15-39(11-12-41(20)26-17-44-18-26)25-6-4-24(5-7-25)37-32-36-19-35-30(38-32)22-3-8-28(23(13-22)14-34)45-29-9-10-40(16-27(29)33)31(43)21(2)42/h3-8,13,19-21,26-27,29,42H,9-12,15-18H2,1-2H3,(H,35,36,37,38)/t20?,21?,27-,29+/m1/s1. The maximum absolute atomic E-state index is 14.9. The summed E-state index contributed by atoms with van der Waals surface area (Å²) >= 11 is 0. The number of likely N-dealkylation sites (tertiary alicyclic amines) is 1. The zero-order valence-corrected chi connectivity index (χ0v) is 25.3. The quantitative estimate of drug-likeness (QED) is 0.386. The zero-order chi connectivity index (χ0) is 31.5. The van der Waals surface area contributed by atoms with Crippen molar-refractivity contribution in [1.29, 1.82) is 5.26 Å². The second kappa shape index (κ2) is 13.3. The second-order valence-corrected chi connectivity index (χ2v) is 11.8. The third-order valence-electron chi connectivity index (χ3n) is 8.62. The Labute approximate surface area is 261 Å². The van der Waals surface area contributed by atoms with E-state index in [1.54, 1.807) is 18.2 Å². The number of hydrogen-bond acceptors (Lipinski definition) is 11. The number of carbonyl (C=O) groups is 1. The molecule has 2 unspecified atom stereocenters. The summed E-state index contributed by atoms with van der Waals surface area (Å²) < 4.78 is 26.1. The van der Waals surface area contributed by atoms with Crippen LogP contribution in [0.1, 0.15) is 25.8 Å². The van der Waals surface area contributed by atoms with Crippen LogP contribution in [0.25, 0.3) is 11.4 Å². The molecule has 2 aromatic carbocycles. The van der Waals surface area contributed by atoms with E-state index in [1.165, 1.54) is 18.2 Å². The number of carbonyl (C=O) groups excluding carboxylic acids is 1. The number of halogens is 1. The van der Waals surface area contributed by atoms with Gasteiger partial charge in [-0.2, -0.15) is 10.2 Å². The number of ether oxygens (including phenoxy) is 2. The van der Waals surface area contributed by atoms with Gasteiger partial charge in [0.2, 0.25) is 5.95 Å². The van der Waals surface area contributed by atoms with Crippen molar-refractivity contribution in [3.63, 3.8) is 0 Å². The summed E-state index contributed by atoms with van der Waals surface area (Å²) in [7, 11) is 0. The number of alkyl halides is 1. The lowest BCUT2D eigenvalue weighted by atomic mass is 10.0. The minimum Gasteiger partial charge on any atom is -0.486 e. The number of benzene rings is 2. The van der Waals surface area contributed by atoms with Gasteiger partial charge >= 0.3 is 0 Å². The third kappa shape index (κ3) is 6.83. The van der Waals surface area contributed by atoms with E-state index >= 15 is 0 Å². The summed E-state index contributed by atoms with van der Waals surface area (Å²) in [5.41, 5.74) is 2.79. The second-order valence-electron chi connectivity index (χ2n) is 11.8. The van der Waals surface area contributed by atoms with Crippen LogP contribution >= 0.6 is 0 Å². The Morgan fingerprint density at radius 1 is 1.16 bits per heavy atom. The van der Waals surface area contributed by atoms with Crippen LogP contribution < -0.4 is 15.0 Å². The van der Waals surface area contributed by atoms with Crippen LogP contribution in [-0.2, 0) is 9.53 Å². The van der Waals surface area contributed by atoms with Gasteiger partial charge in [-0.05, 0) is 56.3 Å². The van der Waals surface area contributed by atoms with Gasteiger partial charge in [0, 0.05) is 55.6 Å². The molecule has 45 heavy (non-hydrogen) atoms. The lowest BCUT2D eigenvalue weighted by molar-refractivity contribution is -0.143. The van der Waals surface area contributed by atoms with E-state index in [1.807, 2.05) is 12.1 Å². The van der Waals surface area contributed by atoms with Crippen LogP contribution in [0.3, 0.4) is 0 Å². The Hall–Kier alpha value is -4.38. The van der Waals surface area contributed by atoms with E-state index in [0.29, 0.717) is 29.4 Å². The average molecular weight is 617 g/mol. The van der Waals surface area contributed by atoms with E-state index in [9.17, 15) is 19.6 Å². The first-order valence-corrected chi connectivity index (χ1v) is 15.3. The molecule has 1 amide bonds. The molecule has 3 aliphatic heterocycles. The first-order chi connectivity index (χ1) is 21.8. The summed E-state index contributed by atoms with van der Waals surface area (Å²) in [4.78, 5) is 31.4. The molecule has 0 radical (unpaired) electrons. The molecule has 3 aromatic rings. The van der Waals surface area contributed by atoms with Gasteiger partial charge in [-0.25, -0.2) is 14.4 Å². The van der Waals surface area contributed by atoms with Crippen LogP contribution in [0.2, 0.25) is 0 Å². The Kier molecular flexibility index (Phi) is 9.07. The molecule has 4 atom stereocenters. The van der Waals surface area contributed by atoms with Gasteiger partial charge in [0.05, 0.1) is 31.4 Å². The molecular weight excluding hydrogens is 579 g/mol. The number of piperazine rings is 1. The fourth-order valence-corrected chi connectivity index (χ4v) is 6.05. The lowest BCUT2D eigenvalue weighted by Gasteiger charge is -2.47. The normalized spacial score (nSPS) is 23.1. The van der Waals surface area contributed by atoms with E-state index < -0.39 is 24.3 Å². The van der Waals surface area contributed by atoms with Crippen molar-refractivity contribution in [3.8, 4) is 23.2 Å². The summed E-state index contributed by atoms with van der Waals surface area (Å²) in [5, 5.41) is 22.6. The highest BCUT2D eigenvalue weighted by Crippen LogP contribution is 2.29. The van der Waals surface area contributed by atoms with Gasteiger partial charge in [0.25, 0.3) is 5.91 Å². The first kappa shape index (κ1) is 30.6. The van der Waals surface area contributed by atoms with Crippen LogP contribution in [0.5, 0.6) is 5.75 Å². The Bertz CT molecular complexity index is 1550. The minimum atomic E-state index is -1.46. The predicted octanol–water partition coefficient (Wildman–Crippen LogP) is 2.76. The maximum atomic E-state index is 14.9. The first-order valence-electron chi connectivity index (χ1n) is 15.3. The summed E-state index contributed by atoms with van der Waals surface area (Å²) in [5.74, 6) is 0.449. The number of piperidine rings is 1. The monoisotopic (exact) mass is 616 g/mol. The van der Waals surface area contributed by atoms with Crippen molar-refractivity contribution in [1.82, 2.24) is 24.8 Å². The highest BCUT2D eigenvalue weighted by atomic mass is 19.1. The minimum absolute atomic E-state index is 0.176. The van der Waals surface area contributed by atoms with E-state index in [-0.39, 0.29) is 30.8 Å². The number of nitrogens with one attached hydrogen (secondary N) is 1. The molecule has 3 saturated heterocycles. The number of nitrogens with zero attached hydrogens (tertiary/aromatic N) is 7. The van der Waals surface area contributed by atoms with Crippen LogP contribution in [-0.4, -0.2) is 112 Å². The Morgan fingerprint density at radius 3 is 2.62 bits per heavy atom. The Morgan fingerprint density at radius 2 is 1.96 bits per heavy atom. The molecule has 0 bridgehead atoms. The van der Waals surface area contributed by atoms with Gasteiger partial charge in [-0.15, -0.1) is 0 Å². The van der Waals surface area contributed by atoms with Crippen LogP contribution in [0, 0.1) is 11.3 Å². The molecule has 0 spiro atoms. The summed E-state index contributed by atoms with van der Waals surface area (Å²) in [6, 6.07) is 16.2. The zero-order valence-electron chi connectivity index (χ0n) is 25.3. The SMILES string of the molecule is CC(O)C(=O)N1CC[C@H](Oc2ccc(-c3ncnc(Nc4ccc(N5CCN(C6COC6)C(C)C5)cc4)n3)cc2C#N)[C@H](F)C1. The fourth-order valence-electron chi connectivity index (χ4n) is 6.05. The fraction of sp³-hybridized carbons (Fsp3) is 0.469. The highest BCUT2D eigenvalue weighted by molar-refractivity contribution is 5.80. The van der Waals surface area contributed by atoms with Gasteiger partial charge in [0.15, 0.2) is 12.0 Å². The maximum Gasteiger partial charge on any atom is 0.251 e. The molecule has 1 aromatic heterocycles. The van der Waals surface area contributed by atoms with Crippen molar-refractivity contribution >= 4 is 23.2 Å². The van der Waals surface area contributed by atoms with Crippen molar-refractivity contribution in [2.24, 2.45) is 0 Å². The van der Waals surface area contributed by atoms with Gasteiger partial charge in [0.1, 0.15) is 30.4 Å². The molecule has 13 heteroatoms. The highest BCUT2D eigenvalue weighted by Gasteiger charge is 2.35. The topological polar surface area (TPSA) is 140 Å². The molecular formula is C32H37FN8O4. The van der Waals surface area contributed by atoms with Crippen molar-refractivity contribution in [2.45, 2.75) is 50.7 Å². The van der Waals surface area contributed by atoms with Gasteiger partial charge < -0.3 is 29.7 Å². The molecule has 0 aliphatic carbocycles. The van der Waals surface area contributed by atoms with E-state index in [2.05, 4.69) is 55.2 Å². The molecule has 0 saturated carbocycles. The summed E-state index contributed by atoms with van der Waals surface area (Å²) in [6.07, 6.45) is -1.83. The Balaban J connectivity index is 1.08. The third-order valence-corrected chi connectivity index (χ3v) is 8.62. The number of hydrogen-bond donors (Lipinski definition) is 2. The number of amides is 1. The number of aliphatic hydroxyl groups excluding tert-OH is 1. The van der Waals surface area contributed by atoms with Crippen molar-refractivity contribution in [2.75, 3.05) is 56.2 Å². The van der Waals surface area contributed by atoms with Crippen LogP contribution in [0.4, 0.5) is 21.7 Å². The van der Waals surface area contributed by atoms with Gasteiger partial charge in [-0.1, -0.05) is 0 Å². The number of rotatable bonds is 8. The van der Waals surface area contributed by atoms with Gasteiger partial charge in [-0.3, -0.25) is 9.69 Å². The van der Waals surface area contributed by atoms with Crippen LogP contribution in [0.15, 0.2) is 48.8 Å². The summed E-state index contributed by atoms with van der Waals surface area (Å²) in [6.45, 7) is 8.33. The molecule has 4 heterocycles. The van der Waals surface area contributed by atoms with Crippen molar-refractivity contribution < 1.29 is 23.8 Å². The number of anilines is 3. The molecule has 12 nitrogen and oxygen atoms in total. The molecule has 3 fully saturated rings. The smallest absolute Gasteiger partial charge is 0.251 e.